The van der Waals surface area contributed by atoms with Gasteiger partial charge in [0.05, 0.1) is 17.7 Å². The number of hydrazine groups is 1. The molecule has 0 saturated carbocycles. The van der Waals surface area contributed by atoms with Crippen molar-refractivity contribution in [3.05, 3.63) is 105 Å². The van der Waals surface area contributed by atoms with Gasteiger partial charge >= 0.3 is 11.9 Å². The normalized spacial score (nSPS) is 9.67. The van der Waals surface area contributed by atoms with E-state index in [1.165, 1.54) is 0 Å². The number of nitrogens with one attached hydrogen (secondary N) is 1. The molecule has 0 unspecified atom stereocenters. The van der Waals surface area contributed by atoms with E-state index in [9.17, 15) is 14.4 Å². The SMILES string of the molecule is CCOC(=O)c1ccc(C)cc1C.Cc1ccc(C(=O)NN)c(C)c1.Cc1ccc(C(=O)O)c(C)c1. The van der Waals surface area contributed by atoms with Crippen LogP contribution in [0.5, 0.6) is 0 Å². The third kappa shape index (κ3) is 9.35. The number of hydrogen-bond acceptors (Lipinski definition) is 5. The lowest BCUT2D eigenvalue weighted by atomic mass is 10.1. The number of rotatable bonds is 4. The zero-order chi connectivity index (χ0) is 27.4. The predicted molar refractivity (Wildman–Crippen MR) is 142 cm³/mol. The molecule has 0 fully saturated rings. The molecule has 3 rings (SSSR count). The number of aryl methyl sites for hydroxylation is 6. The number of carboxylic acids is 1. The van der Waals surface area contributed by atoms with Crippen molar-refractivity contribution in [2.24, 2.45) is 5.84 Å². The largest absolute Gasteiger partial charge is 0.478 e. The third-order valence-corrected chi connectivity index (χ3v) is 5.25. The van der Waals surface area contributed by atoms with Gasteiger partial charge in [0.2, 0.25) is 0 Å². The van der Waals surface area contributed by atoms with Gasteiger partial charge in [0, 0.05) is 5.56 Å². The van der Waals surface area contributed by atoms with Crippen LogP contribution < -0.4 is 11.3 Å². The van der Waals surface area contributed by atoms with Crippen LogP contribution in [0, 0.1) is 41.5 Å². The number of amides is 1. The van der Waals surface area contributed by atoms with Crippen LogP contribution in [0.15, 0.2) is 54.6 Å². The van der Waals surface area contributed by atoms with Gasteiger partial charge in [-0.3, -0.25) is 10.2 Å². The molecule has 0 radical (unpaired) electrons. The minimum absolute atomic E-state index is 0.236. The maximum absolute atomic E-state index is 11.4. The Bertz CT molecular complexity index is 1220. The lowest BCUT2D eigenvalue weighted by Gasteiger charge is -2.05. The number of nitrogens with two attached hydrogens (primary N) is 1. The summed E-state index contributed by atoms with van der Waals surface area (Å²) < 4.78 is 4.91. The molecule has 7 nitrogen and oxygen atoms in total. The second-order valence-electron chi connectivity index (χ2n) is 8.45. The van der Waals surface area contributed by atoms with E-state index < -0.39 is 5.97 Å². The summed E-state index contributed by atoms with van der Waals surface area (Å²) in [5.74, 6) is 3.67. The standard InChI is InChI=1S/C11H14O2.C9H12N2O.C9H10O2/c1-4-13-11(12)10-6-5-8(2)7-9(10)3;1-6-3-4-8(7(2)5-6)9(12)11-10;1-6-3-4-8(9(10)11)7(2)5-6/h5-7H,4H2,1-3H3;3-5H,10H2,1-2H3,(H,11,12);3-5H,1-2H3,(H,10,11). The molecule has 0 heterocycles. The van der Waals surface area contributed by atoms with Crippen molar-refractivity contribution in [2.75, 3.05) is 6.61 Å². The van der Waals surface area contributed by atoms with Crippen LogP contribution in [0.25, 0.3) is 0 Å². The monoisotopic (exact) mass is 492 g/mol. The molecule has 0 aliphatic carbocycles. The first-order valence-electron chi connectivity index (χ1n) is 11.5. The molecule has 36 heavy (non-hydrogen) atoms. The molecule has 0 spiro atoms. The Kier molecular flexibility index (Phi) is 12.1. The summed E-state index contributed by atoms with van der Waals surface area (Å²) in [6.07, 6.45) is 0. The average Bonchev–Trinajstić information content (AvgIpc) is 2.79. The second-order valence-corrected chi connectivity index (χ2v) is 8.45. The fraction of sp³-hybridized carbons (Fsp3) is 0.276. The van der Waals surface area contributed by atoms with Crippen LogP contribution in [0.3, 0.4) is 0 Å². The van der Waals surface area contributed by atoms with Crippen LogP contribution in [0.4, 0.5) is 0 Å². The molecule has 1 amide bonds. The number of hydrogen-bond donors (Lipinski definition) is 3. The molecule has 3 aromatic carbocycles. The Morgan fingerprint density at radius 1 is 0.722 bits per heavy atom. The van der Waals surface area contributed by atoms with Crippen LogP contribution in [-0.2, 0) is 4.74 Å². The molecule has 7 heteroatoms. The molecule has 0 atom stereocenters. The van der Waals surface area contributed by atoms with Crippen molar-refractivity contribution in [2.45, 2.75) is 48.5 Å². The number of benzene rings is 3. The van der Waals surface area contributed by atoms with Crippen molar-refractivity contribution in [1.29, 1.82) is 0 Å². The second kappa shape index (κ2) is 14.4. The molecular weight excluding hydrogens is 456 g/mol. The van der Waals surface area contributed by atoms with Gasteiger partial charge in [0.15, 0.2) is 0 Å². The first-order chi connectivity index (χ1) is 16.9. The van der Waals surface area contributed by atoms with Gasteiger partial charge in [-0.2, -0.15) is 0 Å². The van der Waals surface area contributed by atoms with E-state index in [0.29, 0.717) is 23.3 Å². The smallest absolute Gasteiger partial charge is 0.338 e. The van der Waals surface area contributed by atoms with Gasteiger partial charge < -0.3 is 9.84 Å². The summed E-state index contributed by atoms with van der Waals surface area (Å²) in [4.78, 5) is 33.0. The third-order valence-electron chi connectivity index (χ3n) is 5.25. The fourth-order valence-corrected chi connectivity index (χ4v) is 3.45. The predicted octanol–water partition coefficient (Wildman–Crippen LogP) is 5.39. The van der Waals surface area contributed by atoms with Gasteiger partial charge in [-0.15, -0.1) is 0 Å². The van der Waals surface area contributed by atoms with Crippen LogP contribution in [-0.4, -0.2) is 29.6 Å². The Morgan fingerprint density at radius 3 is 1.44 bits per heavy atom. The molecule has 192 valence electrons. The Hall–Kier alpha value is -3.97. The minimum atomic E-state index is -0.859. The Labute approximate surface area is 213 Å². The van der Waals surface area contributed by atoms with E-state index in [-0.39, 0.29) is 11.9 Å². The highest BCUT2D eigenvalue weighted by molar-refractivity contribution is 5.95. The van der Waals surface area contributed by atoms with Crippen LogP contribution in [0.1, 0.15) is 71.4 Å². The zero-order valence-electron chi connectivity index (χ0n) is 22.1. The van der Waals surface area contributed by atoms with Crippen molar-refractivity contribution < 1.29 is 24.2 Å². The summed E-state index contributed by atoms with van der Waals surface area (Å²) >= 11 is 0. The quantitative estimate of drug-likeness (QED) is 0.194. The van der Waals surface area contributed by atoms with Crippen LogP contribution in [0.2, 0.25) is 0 Å². The molecule has 0 aliphatic rings. The molecule has 0 bridgehead atoms. The first-order valence-corrected chi connectivity index (χ1v) is 11.5. The lowest BCUT2D eigenvalue weighted by Crippen LogP contribution is -2.30. The number of carbonyl (C=O) groups excluding carboxylic acids is 2. The lowest BCUT2D eigenvalue weighted by molar-refractivity contribution is 0.0524. The van der Waals surface area contributed by atoms with Crippen molar-refractivity contribution in [3.8, 4) is 0 Å². The number of ether oxygens (including phenoxy) is 1. The van der Waals surface area contributed by atoms with E-state index in [2.05, 4.69) is 5.43 Å². The van der Waals surface area contributed by atoms with E-state index in [1.54, 1.807) is 32.0 Å². The molecule has 0 aliphatic heterocycles. The van der Waals surface area contributed by atoms with Gasteiger partial charge in [-0.05, 0) is 83.4 Å². The number of esters is 1. The highest BCUT2D eigenvalue weighted by Gasteiger charge is 2.09. The summed E-state index contributed by atoms with van der Waals surface area (Å²) in [6, 6.07) is 16.6. The number of nitrogen functional groups attached to an aromatic ring is 1. The molecule has 0 aromatic heterocycles. The molecule has 3 aromatic rings. The van der Waals surface area contributed by atoms with Gasteiger partial charge in [0.1, 0.15) is 0 Å². The maximum Gasteiger partial charge on any atom is 0.338 e. The topological polar surface area (TPSA) is 119 Å². The zero-order valence-corrected chi connectivity index (χ0v) is 22.1. The van der Waals surface area contributed by atoms with Crippen molar-refractivity contribution in [3.63, 3.8) is 0 Å². The summed E-state index contributed by atoms with van der Waals surface area (Å²) in [6.45, 7) is 13.8. The number of aromatic carboxylic acids is 1. The molecule has 0 saturated heterocycles. The number of carbonyl (C=O) groups is 3. The minimum Gasteiger partial charge on any atom is -0.478 e. The fourth-order valence-electron chi connectivity index (χ4n) is 3.45. The summed E-state index contributed by atoms with van der Waals surface area (Å²) in [7, 11) is 0. The van der Waals surface area contributed by atoms with Crippen molar-refractivity contribution >= 4 is 17.8 Å². The van der Waals surface area contributed by atoms with Gasteiger partial charge in [-0.1, -0.05) is 53.1 Å². The molecular formula is C29H36N2O5. The maximum atomic E-state index is 11.4. The van der Waals surface area contributed by atoms with Gasteiger partial charge in [-0.25, -0.2) is 15.4 Å². The Balaban J connectivity index is 0.000000271. The Morgan fingerprint density at radius 2 is 1.11 bits per heavy atom. The summed E-state index contributed by atoms with van der Waals surface area (Å²) in [5, 5.41) is 8.66. The van der Waals surface area contributed by atoms with Gasteiger partial charge in [0.25, 0.3) is 5.91 Å². The van der Waals surface area contributed by atoms with E-state index in [0.717, 1.165) is 33.4 Å². The highest BCUT2D eigenvalue weighted by Crippen LogP contribution is 2.12. The average molecular weight is 493 g/mol. The first kappa shape index (κ1) is 30.1. The highest BCUT2D eigenvalue weighted by atomic mass is 16.5. The van der Waals surface area contributed by atoms with E-state index in [1.807, 2.05) is 71.0 Å². The molecule has 4 N–H and O–H groups in total. The van der Waals surface area contributed by atoms with Crippen LogP contribution >= 0.6 is 0 Å². The van der Waals surface area contributed by atoms with E-state index in [4.69, 9.17) is 15.7 Å². The van der Waals surface area contributed by atoms with Crippen molar-refractivity contribution in [1.82, 2.24) is 5.43 Å². The number of carboxylic acid groups (broad SMARTS) is 1. The van der Waals surface area contributed by atoms with E-state index >= 15 is 0 Å². The summed E-state index contributed by atoms with van der Waals surface area (Å²) in [5.41, 5.74) is 9.89.